The van der Waals surface area contributed by atoms with Crippen LogP contribution in [0.1, 0.15) is 86.1 Å². The smallest absolute Gasteiger partial charge is 0.259 e. The van der Waals surface area contributed by atoms with Crippen LogP contribution in [0.2, 0.25) is 0 Å². The van der Waals surface area contributed by atoms with Crippen LogP contribution in [-0.4, -0.2) is 71.9 Å². The predicted molar refractivity (Wildman–Crippen MR) is 186 cm³/mol. The molecule has 4 aromatic rings. The summed E-state index contributed by atoms with van der Waals surface area (Å²) in [6, 6.07) is 17.8. The van der Waals surface area contributed by atoms with Crippen molar-refractivity contribution in [3.05, 3.63) is 95.1 Å². The molecule has 3 fully saturated rings. The number of carbonyl (C=O) groups is 1. The summed E-state index contributed by atoms with van der Waals surface area (Å²) < 4.78 is 75.3. The Morgan fingerprint density at radius 2 is 1.68 bits per heavy atom. The number of aryl methyl sites for hydroxylation is 1. The number of nitrogens with one attached hydrogen (secondary N) is 1. The summed E-state index contributed by atoms with van der Waals surface area (Å²) >= 11 is 0. The molecule has 0 spiro atoms. The Balaban J connectivity index is 1.08. The number of imidazole rings is 1. The molecule has 4 heterocycles. The minimum Gasteiger partial charge on any atom is -0.338 e. The third kappa shape index (κ3) is 6.34. The molecule has 0 radical (unpaired) electrons. The minimum atomic E-state index is -4.27. The lowest BCUT2D eigenvalue weighted by Crippen LogP contribution is -2.49. The molecule has 50 heavy (non-hydrogen) atoms. The summed E-state index contributed by atoms with van der Waals surface area (Å²) in [6.07, 6.45) is 6.52. The monoisotopic (exact) mass is 707 g/mol. The average Bonchev–Trinajstić information content (AvgIpc) is 3.56. The third-order valence-electron chi connectivity index (χ3n) is 11.4. The topological polar surface area (TPSA) is 87.5 Å². The lowest BCUT2D eigenvalue weighted by Gasteiger charge is -2.45. The summed E-state index contributed by atoms with van der Waals surface area (Å²) in [7, 11) is -4.27. The average molecular weight is 708 g/mol. The highest BCUT2D eigenvalue weighted by Crippen LogP contribution is 2.45. The van der Waals surface area contributed by atoms with Crippen molar-refractivity contribution >= 4 is 27.0 Å². The van der Waals surface area contributed by atoms with Crippen LogP contribution in [0.25, 0.3) is 11.0 Å². The van der Waals surface area contributed by atoms with E-state index in [-0.39, 0.29) is 25.5 Å². The molecule has 1 amide bonds. The van der Waals surface area contributed by atoms with Crippen LogP contribution >= 0.6 is 0 Å². The van der Waals surface area contributed by atoms with E-state index in [0.29, 0.717) is 37.4 Å². The number of nitrogens with zero attached hydrogens (tertiary/aromatic N) is 4. The number of fused-ring (bicyclic) bond motifs is 3. The molecule has 1 N–H and O–H groups in total. The van der Waals surface area contributed by atoms with Crippen molar-refractivity contribution in [2.45, 2.75) is 93.7 Å². The zero-order valence-corrected chi connectivity index (χ0v) is 29.4. The molecule has 266 valence electrons. The molecule has 2 bridgehead atoms. The Morgan fingerprint density at radius 3 is 2.38 bits per heavy atom. The Morgan fingerprint density at radius 1 is 0.960 bits per heavy atom. The van der Waals surface area contributed by atoms with E-state index in [4.69, 9.17) is 4.98 Å². The molecule has 0 saturated carbocycles. The first-order valence-corrected chi connectivity index (χ1v) is 19.2. The number of piperidine rings is 2. The van der Waals surface area contributed by atoms with Gasteiger partial charge in [-0.15, -0.1) is 0 Å². The van der Waals surface area contributed by atoms with E-state index in [2.05, 4.69) is 39.3 Å². The van der Waals surface area contributed by atoms with Crippen LogP contribution < -0.4 is 4.72 Å². The summed E-state index contributed by atoms with van der Waals surface area (Å²) in [5, 5.41) is 0. The van der Waals surface area contributed by atoms with Crippen LogP contribution in [0.15, 0.2) is 65.6 Å². The number of para-hydroxylation sites is 2. The summed E-state index contributed by atoms with van der Waals surface area (Å²) in [5.41, 5.74) is 1.74. The maximum atomic E-state index is 15.6. The van der Waals surface area contributed by atoms with Gasteiger partial charge in [-0.1, -0.05) is 31.2 Å². The van der Waals surface area contributed by atoms with Crippen LogP contribution in [0.3, 0.4) is 0 Å². The second kappa shape index (κ2) is 13.8. The number of amides is 1. The standard InChI is InChI=1S/C38H44F3N5O3S/c1-3-18-42-50(48,49)34-14-13-31(40)35(36(34)41)37(47)44-19-15-38(16-20-44,26-7-6-8-27(39)22-26)17-21-45-28-11-12-29(45)24-30(23-28)46-25(2)43-32-9-4-5-10-33(32)46/h4-10,13-14,22,28-30,42H,3,11-12,15-21,23-24H2,1-2H3/t28-,29+,30?. The number of halogens is 3. The quantitative estimate of drug-likeness (QED) is 0.194. The molecule has 0 aliphatic carbocycles. The SMILES string of the molecule is CCCNS(=O)(=O)c1ccc(F)c(C(=O)N2CCC(CCN3[C@@H]4CC[C@H]3CC(n3c(C)nc5ccccc53)C4)(c3cccc(F)c3)CC2)c1F. The predicted octanol–water partition coefficient (Wildman–Crippen LogP) is 6.88. The van der Waals surface area contributed by atoms with Crippen molar-refractivity contribution < 1.29 is 26.4 Å². The third-order valence-corrected chi connectivity index (χ3v) is 12.9. The van der Waals surface area contributed by atoms with Gasteiger partial charge in [-0.3, -0.25) is 9.69 Å². The highest BCUT2D eigenvalue weighted by molar-refractivity contribution is 7.89. The highest BCUT2D eigenvalue weighted by Gasteiger charge is 2.44. The number of hydrogen-bond donors (Lipinski definition) is 1. The van der Waals surface area contributed by atoms with Gasteiger partial charge in [0, 0.05) is 37.8 Å². The van der Waals surface area contributed by atoms with E-state index in [1.807, 2.05) is 12.1 Å². The van der Waals surface area contributed by atoms with Crippen molar-refractivity contribution in [2.75, 3.05) is 26.2 Å². The number of sulfonamides is 1. The van der Waals surface area contributed by atoms with Gasteiger partial charge < -0.3 is 9.47 Å². The molecule has 7 rings (SSSR count). The van der Waals surface area contributed by atoms with Gasteiger partial charge in [-0.25, -0.2) is 31.3 Å². The molecule has 8 nitrogen and oxygen atoms in total. The van der Waals surface area contributed by atoms with Gasteiger partial charge in [0.25, 0.3) is 5.91 Å². The maximum Gasteiger partial charge on any atom is 0.259 e. The van der Waals surface area contributed by atoms with Gasteiger partial charge in [0.05, 0.1) is 11.0 Å². The number of benzene rings is 3. The second-order valence-corrected chi connectivity index (χ2v) is 16.0. The zero-order chi connectivity index (χ0) is 35.2. The fourth-order valence-electron chi connectivity index (χ4n) is 8.84. The Bertz CT molecular complexity index is 2000. The fraction of sp³-hybridized carbons (Fsp3) is 0.474. The Hall–Kier alpha value is -3.74. The van der Waals surface area contributed by atoms with Gasteiger partial charge in [0.1, 0.15) is 27.9 Å². The molecule has 3 aliphatic rings. The van der Waals surface area contributed by atoms with Gasteiger partial charge >= 0.3 is 0 Å². The first-order chi connectivity index (χ1) is 24.0. The molecule has 3 atom stereocenters. The van der Waals surface area contributed by atoms with E-state index in [9.17, 15) is 17.6 Å². The van der Waals surface area contributed by atoms with Gasteiger partial charge in [-0.05, 0) is 112 Å². The van der Waals surface area contributed by atoms with Gasteiger partial charge in [0.2, 0.25) is 10.0 Å². The van der Waals surface area contributed by atoms with Crippen molar-refractivity contribution in [2.24, 2.45) is 0 Å². The number of carbonyl (C=O) groups excluding carboxylic acids is 1. The normalized spacial score (nSPS) is 22.3. The largest absolute Gasteiger partial charge is 0.338 e. The van der Waals surface area contributed by atoms with Crippen LogP contribution in [0, 0.1) is 24.4 Å². The molecule has 1 unspecified atom stereocenters. The Labute approximate surface area is 291 Å². The van der Waals surface area contributed by atoms with Crippen molar-refractivity contribution in [3.8, 4) is 0 Å². The van der Waals surface area contributed by atoms with Crippen molar-refractivity contribution in [1.82, 2.24) is 24.1 Å². The van der Waals surface area contributed by atoms with E-state index < -0.39 is 43.4 Å². The molecule has 1 aromatic heterocycles. The number of likely N-dealkylation sites (tertiary alicyclic amines) is 1. The van der Waals surface area contributed by atoms with Crippen molar-refractivity contribution in [1.29, 1.82) is 0 Å². The lowest BCUT2D eigenvalue weighted by molar-refractivity contribution is 0.0598. The van der Waals surface area contributed by atoms with E-state index in [1.165, 1.54) is 16.5 Å². The van der Waals surface area contributed by atoms with E-state index in [0.717, 1.165) is 67.7 Å². The first kappa shape index (κ1) is 34.7. The minimum absolute atomic E-state index is 0.0810. The Kier molecular flexibility index (Phi) is 9.55. The zero-order valence-electron chi connectivity index (χ0n) is 28.5. The molecular formula is C38H44F3N5O3S. The second-order valence-electron chi connectivity index (χ2n) is 14.2. The first-order valence-electron chi connectivity index (χ1n) is 17.7. The van der Waals surface area contributed by atoms with Crippen LogP contribution in [0.4, 0.5) is 13.2 Å². The maximum absolute atomic E-state index is 15.6. The molecule has 3 saturated heterocycles. The molecule has 3 aromatic carbocycles. The number of rotatable bonds is 10. The summed E-state index contributed by atoms with van der Waals surface area (Å²) in [4.78, 5) is 21.7. The molecule has 3 aliphatic heterocycles. The number of hydrogen-bond acceptors (Lipinski definition) is 5. The summed E-state index contributed by atoms with van der Waals surface area (Å²) in [6.45, 7) is 5.14. The fourth-order valence-corrected chi connectivity index (χ4v) is 10.1. The van der Waals surface area contributed by atoms with E-state index in [1.54, 1.807) is 19.1 Å². The number of aromatic nitrogens is 2. The lowest BCUT2D eigenvalue weighted by atomic mass is 9.70. The molecule has 12 heteroatoms. The molecular weight excluding hydrogens is 664 g/mol. The van der Waals surface area contributed by atoms with Crippen LogP contribution in [-0.2, 0) is 15.4 Å². The van der Waals surface area contributed by atoms with Gasteiger partial charge in [0.15, 0.2) is 5.82 Å². The van der Waals surface area contributed by atoms with Crippen LogP contribution in [0.5, 0.6) is 0 Å². The summed E-state index contributed by atoms with van der Waals surface area (Å²) in [5.74, 6) is -2.68. The van der Waals surface area contributed by atoms with Crippen molar-refractivity contribution in [3.63, 3.8) is 0 Å². The highest BCUT2D eigenvalue weighted by atomic mass is 32.2. The van der Waals surface area contributed by atoms with E-state index >= 15 is 8.78 Å². The van der Waals surface area contributed by atoms with Gasteiger partial charge in [-0.2, -0.15) is 0 Å².